The van der Waals surface area contributed by atoms with Gasteiger partial charge in [0.15, 0.2) is 5.16 Å². The van der Waals surface area contributed by atoms with Gasteiger partial charge in [-0.15, -0.1) is 0 Å². The molecular weight excluding hydrogens is 524 g/mol. The molecule has 0 radical (unpaired) electrons. The first-order valence-corrected chi connectivity index (χ1v) is 12.1. The summed E-state index contributed by atoms with van der Waals surface area (Å²) >= 11 is 7.42. The highest BCUT2D eigenvalue weighted by Crippen LogP contribution is 2.39. The van der Waals surface area contributed by atoms with Crippen molar-refractivity contribution >= 4 is 29.5 Å². The lowest BCUT2D eigenvalue weighted by molar-refractivity contribution is -0.137. The van der Waals surface area contributed by atoms with Crippen LogP contribution in [0, 0.1) is 5.82 Å². The van der Waals surface area contributed by atoms with E-state index in [0.29, 0.717) is 33.1 Å². The lowest BCUT2D eigenvalue weighted by Crippen LogP contribution is -2.32. The molecule has 190 valence electrons. The van der Waals surface area contributed by atoms with Crippen molar-refractivity contribution in [1.29, 1.82) is 0 Å². The molecule has 2 unspecified atom stereocenters. The largest absolute Gasteiger partial charge is 0.481 e. The average Bonchev–Trinajstić information content (AvgIpc) is 3.11. The standard InChI is InChI=1S/C23H19ClF4N4O3S/c1-11-19(12-4-13(23(26,27)28)6-15(25)5-12)35-22(33)32(11)10-18-17(9-30-21(31-18)36-3)16-7-14(24)8-29-20(16)34-2/h4-9,11,19H,10H2,1-3H3. The van der Waals surface area contributed by atoms with Gasteiger partial charge < -0.3 is 9.47 Å². The number of benzene rings is 1. The number of alkyl halides is 3. The molecule has 3 heterocycles. The number of thioether (sulfide) groups is 1. The lowest BCUT2D eigenvalue weighted by atomic mass is 10.00. The van der Waals surface area contributed by atoms with E-state index in [-0.39, 0.29) is 18.0 Å². The van der Waals surface area contributed by atoms with Crippen molar-refractivity contribution in [2.45, 2.75) is 36.9 Å². The van der Waals surface area contributed by atoms with Gasteiger partial charge in [-0.25, -0.2) is 24.1 Å². The Morgan fingerprint density at radius 2 is 1.92 bits per heavy atom. The Balaban J connectivity index is 1.71. The van der Waals surface area contributed by atoms with Crippen LogP contribution in [0.15, 0.2) is 41.8 Å². The number of amides is 1. The molecule has 0 spiro atoms. The average molecular weight is 543 g/mol. The number of hydrogen-bond acceptors (Lipinski definition) is 7. The molecule has 4 rings (SSSR count). The van der Waals surface area contributed by atoms with Crippen LogP contribution in [0.2, 0.25) is 5.02 Å². The smallest absolute Gasteiger partial charge is 0.416 e. The van der Waals surface area contributed by atoms with Crippen LogP contribution < -0.4 is 4.74 Å². The SMILES string of the molecule is COc1ncc(Cl)cc1-c1cnc(SC)nc1CN1C(=O)OC(c2cc(F)cc(C(F)(F)F)c2)C1C. The number of pyridine rings is 1. The van der Waals surface area contributed by atoms with Gasteiger partial charge in [-0.1, -0.05) is 23.4 Å². The first-order chi connectivity index (χ1) is 17.0. The minimum Gasteiger partial charge on any atom is -0.481 e. The van der Waals surface area contributed by atoms with Gasteiger partial charge in [-0.05, 0) is 43.0 Å². The number of ether oxygens (including phenoxy) is 2. The Bertz CT molecular complexity index is 1310. The second-order valence-corrected chi connectivity index (χ2v) is 9.08. The molecule has 13 heteroatoms. The highest BCUT2D eigenvalue weighted by atomic mass is 35.5. The summed E-state index contributed by atoms with van der Waals surface area (Å²) in [4.78, 5) is 27.1. The summed E-state index contributed by atoms with van der Waals surface area (Å²) in [6.45, 7) is 1.53. The Labute approximate surface area is 212 Å². The van der Waals surface area contributed by atoms with Crippen molar-refractivity contribution in [1.82, 2.24) is 19.9 Å². The Morgan fingerprint density at radius 1 is 1.17 bits per heavy atom. The predicted octanol–water partition coefficient (Wildman–Crippen LogP) is 6.16. The van der Waals surface area contributed by atoms with E-state index in [4.69, 9.17) is 21.1 Å². The van der Waals surface area contributed by atoms with Crippen molar-refractivity contribution in [3.05, 3.63) is 64.3 Å². The predicted molar refractivity (Wildman–Crippen MR) is 124 cm³/mol. The summed E-state index contributed by atoms with van der Waals surface area (Å²) in [5.74, 6) is -0.819. The van der Waals surface area contributed by atoms with Crippen LogP contribution in [0.3, 0.4) is 0 Å². The number of carbonyl (C=O) groups excluding carboxylic acids is 1. The summed E-state index contributed by atoms with van der Waals surface area (Å²) in [6, 6.07) is 2.99. The Kier molecular flexibility index (Phi) is 7.28. The van der Waals surface area contributed by atoms with Gasteiger partial charge in [-0.2, -0.15) is 13.2 Å². The quantitative estimate of drug-likeness (QED) is 0.210. The normalized spacial score (nSPS) is 17.9. The van der Waals surface area contributed by atoms with Crippen molar-refractivity contribution in [2.24, 2.45) is 0 Å². The summed E-state index contributed by atoms with van der Waals surface area (Å²) in [6.07, 6.45) is -1.91. The highest BCUT2D eigenvalue weighted by Gasteiger charge is 2.42. The molecule has 1 aliphatic rings. The topological polar surface area (TPSA) is 77.4 Å². The minimum atomic E-state index is -4.75. The highest BCUT2D eigenvalue weighted by molar-refractivity contribution is 7.98. The zero-order valence-corrected chi connectivity index (χ0v) is 20.7. The second-order valence-electron chi connectivity index (χ2n) is 7.87. The number of rotatable bonds is 6. The minimum absolute atomic E-state index is 0.0704. The third-order valence-corrected chi connectivity index (χ3v) is 6.39. The number of nitrogens with zero attached hydrogens (tertiary/aromatic N) is 4. The van der Waals surface area contributed by atoms with Crippen LogP contribution in [0.25, 0.3) is 11.1 Å². The number of aromatic nitrogens is 3. The first-order valence-electron chi connectivity index (χ1n) is 10.5. The molecule has 3 aromatic rings. The number of halogens is 5. The second kappa shape index (κ2) is 10.1. The van der Waals surface area contributed by atoms with E-state index in [0.717, 1.165) is 12.1 Å². The molecule has 1 amide bonds. The van der Waals surface area contributed by atoms with Gasteiger partial charge in [0.1, 0.15) is 11.9 Å². The number of carbonyl (C=O) groups is 1. The maximum absolute atomic E-state index is 14.0. The van der Waals surface area contributed by atoms with Gasteiger partial charge in [0, 0.05) is 23.5 Å². The molecule has 2 atom stereocenters. The molecule has 0 aliphatic carbocycles. The Morgan fingerprint density at radius 3 is 2.58 bits per heavy atom. The molecule has 2 aromatic heterocycles. The first kappa shape index (κ1) is 26.0. The van der Waals surface area contributed by atoms with Gasteiger partial charge in [0.2, 0.25) is 5.88 Å². The van der Waals surface area contributed by atoms with E-state index in [9.17, 15) is 22.4 Å². The van der Waals surface area contributed by atoms with Crippen LogP contribution in [-0.2, 0) is 17.5 Å². The van der Waals surface area contributed by atoms with Crippen LogP contribution >= 0.6 is 23.4 Å². The molecule has 0 N–H and O–H groups in total. The van der Waals surface area contributed by atoms with E-state index in [1.54, 1.807) is 25.4 Å². The maximum atomic E-state index is 14.0. The monoisotopic (exact) mass is 542 g/mol. The van der Waals surface area contributed by atoms with Crippen molar-refractivity contribution in [3.8, 4) is 17.0 Å². The molecule has 0 bridgehead atoms. The van der Waals surface area contributed by atoms with Crippen LogP contribution in [-0.4, -0.2) is 45.4 Å². The van der Waals surface area contributed by atoms with E-state index >= 15 is 0 Å². The van der Waals surface area contributed by atoms with Crippen LogP contribution in [0.5, 0.6) is 5.88 Å². The van der Waals surface area contributed by atoms with Gasteiger partial charge in [0.25, 0.3) is 0 Å². The van der Waals surface area contributed by atoms with Crippen molar-refractivity contribution < 1.29 is 31.8 Å². The molecule has 36 heavy (non-hydrogen) atoms. The van der Waals surface area contributed by atoms with Gasteiger partial charge in [-0.3, -0.25) is 4.90 Å². The van der Waals surface area contributed by atoms with Crippen LogP contribution in [0.1, 0.15) is 29.8 Å². The molecule has 1 aromatic carbocycles. The summed E-state index contributed by atoms with van der Waals surface area (Å²) in [5.41, 5.74) is 0.135. The molecule has 0 saturated carbocycles. The fourth-order valence-electron chi connectivity index (χ4n) is 3.89. The lowest BCUT2D eigenvalue weighted by Gasteiger charge is -2.22. The zero-order valence-electron chi connectivity index (χ0n) is 19.1. The third-order valence-electron chi connectivity index (χ3n) is 5.62. The molecular formula is C23H19ClF4N4O3S. The number of cyclic esters (lactones) is 1. The van der Waals surface area contributed by atoms with E-state index in [1.165, 1.54) is 30.0 Å². The summed E-state index contributed by atoms with van der Waals surface area (Å²) in [7, 11) is 1.44. The van der Waals surface area contributed by atoms with Gasteiger partial charge >= 0.3 is 12.3 Å². The molecule has 1 saturated heterocycles. The van der Waals surface area contributed by atoms with E-state index in [2.05, 4.69) is 15.0 Å². The zero-order chi connectivity index (χ0) is 26.2. The Hall–Kier alpha value is -3.12. The number of hydrogen-bond donors (Lipinski definition) is 0. The van der Waals surface area contributed by atoms with Gasteiger partial charge in [0.05, 0.1) is 36.0 Å². The fraction of sp³-hybridized carbons (Fsp3) is 0.304. The van der Waals surface area contributed by atoms with Crippen molar-refractivity contribution in [2.75, 3.05) is 13.4 Å². The third kappa shape index (κ3) is 5.19. The fourth-order valence-corrected chi connectivity index (χ4v) is 4.40. The maximum Gasteiger partial charge on any atom is 0.416 e. The van der Waals surface area contributed by atoms with E-state index < -0.39 is 35.8 Å². The van der Waals surface area contributed by atoms with Crippen LogP contribution in [0.4, 0.5) is 22.4 Å². The molecule has 1 fully saturated rings. The molecule has 7 nitrogen and oxygen atoms in total. The van der Waals surface area contributed by atoms with Crippen molar-refractivity contribution in [3.63, 3.8) is 0 Å². The molecule has 1 aliphatic heterocycles. The number of methoxy groups -OCH3 is 1. The summed E-state index contributed by atoms with van der Waals surface area (Å²) in [5, 5.41) is 0.769. The summed E-state index contributed by atoms with van der Waals surface area (Å²) < 4.78 is 64.4. The van der Waals surface area contributed by atoms with E-state index in [1.807, 2.05) is 0 Å².